The first-order valence-electron chi connectivity index (χ1n) is 8.70. The number of hydrogen-bond donors (Lipinski definition) is 1. The van der Waals surface area contributed by atoms with Crippen molar-refractivity contribution in [3.8, 4) is 0 Å². The lowest BCUT2D eigenvalue weighted by Crippen LogP contribution is -2.31. The molecule has 6 nitrogen and oxygen atoms in total. The van der Waals surface area contributed by atoms with Crippen molar-refractivity contribution in [2.75, 3.05) is 37.4 Å². The Hall–Kier alpha value is -1.80. The van der Waals surface area contributed by atoms with Crippen LogP contribution >= 0.6 is 23.2 Å². The Labute approximate surface area is 176 Å². The fourth-order valence-electron chi connectivity index (χ4n) is 2.81. The molecular weight excluding hydrogens is 421 g/mol. The van der Waals surface area contributed by atoms with Crippen LogP contribution in [0.3, 0.4) is 0 Å². The van der Waals surface area contributed by atoms with Crippen molar-refractivity contribution in [2.45, 2.75) is 18.7 Å². The maximum absolute atomic E-state index is 12.8. The molecule has 0 bridgehead atoms. The van der Waals surface area contributed by atoms with Crippen LogP contribution in [0, 0.1) is 0 Å². The van der Waals surface area contributed by atoms with Gasteiger partial charge in [-0.1, -0.05) is 43.1 Å². The Morgan fingerprint density at radius 2 is 1.68 bits per heavy atom. The van der Waals surface area contributed by atoms with Crippen molar-refractivity contribution in [2.24, 2.45) is 0 Å². The summed E-state index contributed by atoms with van der Waals surface area (Å²) in [4.78, 5) is 14.5. The summed E-state index contributed by atoms with van der Waals surface area (Å²) in [5.74, 6) is -0.460. The van der Waals surface area contributed by atoms with Crippen molar-refractivity contribution < 1.29 is 13.2 Å². The van der Waals surface area contributed by atoms with Crippen LogP contribution in [0.2, 0.25) is 10.0 Å². The highest BCUT2D eigenvalue weighted by molar-refractivity contribution is 7.89. The number of sulfonamides is 1. The topological polar surface area (TPSA) is 69.7 Å². The van der Waals surface area contributed by atoms with Crippen LogP contribution in [0.25, 0.3) is 0 Å². The number of carbonyl (C=O) groups excluding carboxylic acids is 1. The fourth-order valence-corrected chi connectivity index (χ4v) is 5.11. The summed E-state index contributed by atoms with van der Waals surface area (Å²) < 4.78 is 26.9. The number of nitrogens with zero attached hydrogens (tertiary/aromatic N) is 2. The first-order chi connectivity index (χ1) is 13.1. The predicted molar refractivity (Wildman–Crippen MR) is 115 cm³/mol. The molecule has 0 radical (unpaired) electrons. The maximum Gasteiger partial charge on any atom is 0.255 e. The Balaban J connectivity index is 2.43. The molecule has 9 heteroatoms. The van der Waals surface area contributed by atoms with Crippen molar-refractivity contribution >= 4 is 50.5 Å². The van der Waals surface area contributed by atoms with E-state index in [9.17, 15) is 13.2 Å². The zero-order chi connectivity index (χ0) is 21.1. The zero-order valence-corrected chi connectivity index (χ0v) is 18.5. The molecule has 0 heterocycles. The summed E-state index contributed by atoms with van der Waals surface area (Å²) in [7, 11) is -0.170. The van der Waals surface area contributed by atoms with Gasteiger partial charge in [0, 0.05) is 32.7 Å². The van der Waals surface area contributed by atoms with Crippen LogP contribution in [0.15, 0.2) is 41.3 Å². The maximum atomic E-state index is 12.8. The number of rotatable bonds is 7. The van der Waals surface area contributed by atoms with Crippen molar-refractivity contribution in [3.63, 3.8) is 0 Å². The van der Waals surface area contributed by atoms with E-state index in [1.165, 1.54) is 22.5 Å². The molecule has 0 aromatic heterocycles. The highest BCUT2D eigenvalue weighted by atomic mass is 35.5. The van der Waals surface area contributed by atoms with E-state index in [1.54, 1.807) is 36.9 Å². The molecule has 0 atom stereocenters. The molecule has 1 amide bonds. The molecule has 28 heavy (non-hydrogen) atoms. The van der Waals surface area contributed by atoms with Crippen LogP contribution in [-0.4, -0.2) is 45.8 Å². The molecule has 0 saturated heterocycles. The summed E-state index contributed by atoms with van der Waals surface area (Å²) in [6.07, 6.45) is 0. The number of amides is 1. The predicted octanol–water partition coefficient (Wildman–Crippen LogP) is 4.34. The molecule has 0 fully saturated rings. The highest BCUT2D eigenvalue weighted by Crippen LogP contribution is 2.33. The highest BCUT2D eigenvalue weighted by Gasteiger charge is 2.25. The molecule has 0 aliphatic heterocycles. The minimum absolute atomic E-state index is 0.0696. The molecule has 0 aliphatic carbocycles. The lowest BCUT2D eigenvalue weighted by Gasteiger charge is -2.20. The van der Waals surface area contributed by atoms with Crippen molar-refractivity contribution in [3.05, 3.63) is 52.0 Å². The van der Waals surface area contributed by atoms with E-state index in [0.717, 1.165) is 0 Å². The molecule has 0 spiro atoms. The van der Waals surface area contributed by atoms with E-state index in [-0.39, 0.29) is 15.5 Å². The second-order valence-corrected chi connectivity index (χ2v) is 8.94. The number of nitrogens with one attached hydrogen (secondary N) is 1. The van der Waals surface area contributed by atoms with Gasteiger partial charge in [-0.05, 0) is 30.3 Å². The average Bonchev–Trinajstić information content (AvgIpc) is 2.62. The third-order valence-electron chi connectivity index (χ3n) is 4.20. The van der Waals surface area contributed by atoms with Crippen molar-refractivity contribution in [1.29, 1.82) is 0 Å². The van der Waals surface area contributed by atoms with Crippen LogP contribution in [0.4, 0.5) is 11.4 Å². The zero-order valence-electron chi connectivity index (χ0n) is 16.2. The molecule has 0 aliphatic rings. The van der Waals surface area contributed by atoms with Gasteiger partial charge in [0.1, 0.15) is 4.90 Å². The third kappa shape index (κ3) is 4.60. The van der Waals surface area contributed by atoms with E-state index in [1.807, 2.05) is 14.1 Å². The minimum atomic E-state index is -3.80. The minimum Gasteiger partial charge on any atom is -0.375 e. The van der Waals surface area contributed by atoms with Gasteiger partial charge >= 0.3 is 0 Å². The first kappa shape index (κ1) is 22.5. The van der Waals surface area contributed by atoms with E-state index in [0.29, 0.717) is 29.5 Å². The Morgan fingerprint density at radius 3 is 2.25 bits per heavy atom. The molecule has 2 aromatic rings. The van der Waals surface area contributed by atoms with Crippen molar-refractivity contribution in [1.82, 2.24) is 4.31 Å². The smallest absolute Gasteiger partial charge is 0.255 e. The third-order valence-corrected chi connectivity index (χ3v) is 7.04. The first-order valence-corrected chi connectivity index (χ1v) is 10.9. The number of para-hydroxylation sites is 1. The molecular formula is C19H23Cl2N3O3S. The number of hydrogen-bond acceptors (Lipinski definition) is 4. The monoisotopic (exact) mass is 443 g/mol. The lowest BCUT2D eigenvalue weighted by molar-refractivity contribution is 0.102. The summed E-state index contributed by atoms with van der Waals surface area (Å²) in [6.45, 7) is 4.10. The summed E-state index contributed by atoms with van der Waals surface area (Å²) in [5, 5.41) is 3.35. The summed E-state index contributed by atoms with van der Waals surface area (Å²) >= 11 is 12.4. The molecule has 0 unspecified atom stereocenters. The second kappa shape index (κ2) is 9.13. The van der Waals surface area contributed by atoms with E-state index in [2.05, 4.69) is 5.32 Å². The number of benzene rings is 2. The standard InChI is InChI=1S/C19H23Cl2N3O3S/c1-5-24(6-2)28(26,27)17-12-13(10-11-14(17)20)19(25)22-16-9-7-8-15(21)18(16)23(3)4/h7-12H,5-6H2,1-4H3,(H,22,25). The van der Waals surface area contributed by atoms with Gasteiger partial charge in [-0.25, -0.2) is 8.42 Å². The van der Waals surface area contributed by atoms with Crippen LogP contribution in [0.1, 0.15) is 24.2 Å². The van der Waals surface area contributed by atoms with Gasteiger partial charge in [0.2, 0.25) is 10.0 Å². The Morgan fingerprint density at radius 1 is 1.04 bits per heavy atom. The van der Waals surface area contributed by atoms with Gasteiger partial charge in [-0.2, -0.15) is 4.31 Å². The number of carbonyl (C=O) groups is 1. The van der Waals surface area contributed by atoms with Gasteiger partial charge in [-0.3, -0.25) is 4.79 Å². The second-order valence-electron chi connectivity index (χ2n) is 6.22. The van der Waals surface area contributed by atoms with E-state index < -0.39 is 15.9 Å². The quantitative estimate of drug-likeness (QED) is 0.690. The van der Waals surface area contributed by atoms with Gasteiger partial charge in [-0.15, -0.1) is 0 Å². The van der Waals surface area contributed by atoms with Gasteiger partial charge < -0.3 is 10.2 Å². The Kier molecular flexibility index (Phi) is 7.33. The fraction of sp³-hybridized carbons (Fsp3) is 0.316. The van der Waals surface area contributed by atoms with Crippen LogP contribution in [-0.2, 0) is 10.0 Å². The number of anilines is 2. The molecule has 0 saturated carbocycles. The SMILES string of the molecule is CCN(CC)S(=O)(=O)c1cc(C(=O)Nc2cccc(Cl)c2N(C)C)ccc1Cl. The lowest BCUT2D eigenvalue weighted by atomic mass is 10.2. The van der Waals surface area contributed by atoms with Gasteiger partial charge in [0.25, 0.3) is 5.91 Å². The average molecular weight is 444 g/mol. The largest absolute Gasteiger partial charge is 0.375 e. The molecule has 2 aromatic carbocycles. The number of halogens is 2. The molecule has 1 N–H and O–H groups in total. The van der Waals surface area contributed by atoms with Crippen LogP contribution in [0.5, 0.6) is 0 Å². The van der Waals surface area contributed by atoms with Gasteiger partial charge in [0.05, 0.1) is 21.4 Å². The summed E-state index contributed by atoms with van der Waals surface area (Å²) in [6, 6.07) is 9.37. The molecule has 2 rings (SSSR count). The van der Waals surface area contributed by atoms with Crippen LogP contribution < -0.4 is 10.2 Å². The Bertz CT molecular complexity index is 974. The van der Waals surface area contributed by atoms with Gasteiger partial charge in [0.15, 0.2) is 0 Å². The summed E-state index contributed by atoms with van der Waals surface area (Å²) in [5.41, 5.74) is 1.35. The normalized spacial score (nSPS) is 11.5. The molecule has 152 valence electrons. The van der Waals surface area contributed by atoms with E-state index in [4.69, 9.17) is 23.2 Å². The van der Waals surface area contributed by atoms with E-state index >= 15 is 0 Å².